The first-order valence-electron chi connectivity index (χ1n) is 9.60. The molecule has 1 aromatic rings. The third kappa shape index (κ3) is 4.47. The molecular weight excluding hydrogens is 349 g/mol. The van der Waals surface area contributed by atoms with Gasteiger partial charge in [0.15, 0.2) is 0 Å². The first kappa shape index (κ1) is 19.8. The van der Waals surface area contributed by atoms with Crippen molar-refractivity contribution in [1.82, 2.24) is 15.3 Å². The number of amides is 2. The largest absolute Gasteiger partial charge is 0.346 e. The van der Waals surface area contributed by atoms with Gasteiger partial charge in [-0.15, -0.1) is 0 Å². The summed E-state index contributed by atoms with van der Waals surface area (Å²) in [7, 11) is 1.83. The minimum Gasteiger partial charge on any atom is -0.346 e. The summed E-state index contributed by atoms with van der Waals surface area (Å²) in [6.07, 6.45) is 5.13. The SMILES string of the molecule is CC(=O)N(C)CCCC1CC(N2CCc3cc(C(=O)NO)cc(F)c3C2)C1. The maximum Gasteiger partial charge on any atom is 0.274 e. The van der Waals surface area contributed by atoms with E-state index in [9.17, 15) is 14.0 Å². The van der Waals surface area contributed by atoms with Crippen LogP contribution in [0.5, 0.6) is 0 Å². The molecule has 1 saturated carbocycles. The molecule has 2 N–H and O–H groups in total. The summed E-state index contributed by atoms with van der Waals surface area (Å²) in [5.74, 6) is -0.261. The highest BCUT2D eigenvalue weighted by molar-refractivity contribution is 5.93. The molecule has 6 nitrogen and oxygen atoms in total. The number of carbonyl (C=O) groups is 2. The zero-order valence-corrected chi connectivity index (χ0v) is 16.0. The minimum atomic E-state index is -0.684. The second-order valence-corrected chi connectivity index (χ2v) is 7.83. The van der Waals surface area contributed by atoms with Gasteiger partial charge in [0.2, 0.25) is 5.91 Å². The van der Waals surface area contributed by atoms with Crippen molar-refractivity contribution < 1.29 is 19.2 Å². The second kappa shape index (κ2) is 8.35. The Morgan fingerprint density at radius 2 is 2.11 bits per heavy atom. The van der Waals surface area contributed by atoms with Gasteiger partial charge in [0, 0.05) is 50.8 Å². The van der Waals surface area contributed by atoms with E-state index in [1.165, 1.54) is 6.07 Å². The highest BCUT2D eigenvalue weighted by Gasteiger charge is 2.35. The number of fused-ring (bicyclic) bond motifs is 1. The number of rotatable bonds is 6. The van der Waals surface area contributed by atoms with Crippen molar-refractivity contribution in [2.45, 2.75) is 51.6 Å². The fourth-order valence-corrected chi connectivity index (χ4v) is 4.16. The Labute approximate surface area is 159 Å². The molecule has 0 spiro atoms. The topological polar surface area (TPSA) is 72.9 Å². The quantitative estimate of drug-likeness (QED) is 0.590. The zero-order valence-electron chi connectivity index (χ0n) is 16.0. The molecule has 1 heterocycles. The number of nitrogens with zero attached hydrogens (tertiary/aromatic N) is 2. The molecule has 7 heteroatoms. The second-order valence-electron chi connectivity index (χ2n) is 7.83. The number of hydrogen-bond acceptors (Lipinski definition) is 4. The number of nitrogens with one attached hydrogen (secondary N) is 1. The Kier molecular flexibility index (Phi) is 6.11. The van der Waals surface area contributed by atoms with E-state index < -0.39 is 5.91 Å². The maximum atomic E-state index is 14.5. The standard InChI is InChI=1S/C20H28FN3O3/c1-13(25)23(2)6-3-4-14-8-17(9-14)24-7-5-15-10-16(20(26)22-27)11-19(21)18(15)12-24/h10-11,14,17,27H,3-9,12H2,1-2H3,(H,22,26). The molecule has 1 aliphatic carbocycles. The molecule has 0 saturated heterocycles. The van der Waals surface area contributed by atoms with Gasteiger partial charge in [-0.25, -0.2) is 9.87 Å². The van der Waals surface area contributed by atoms with Crippen molar-refractivity contribution in [3.8, 4) is 0 Å². The molecule has 0 atom stereocenters. The van der Waals surface area contributed by atoms with E-state index in [0.717, 1.165) is 44.3 Å². The third-order valence-corrected chi connectivity index (χ3v) is 6.05. The fourth-order valence-electron chi connectivity index (χ4n) is 4.16. The highest BCUT2D eigenvalue weighted by atomic mass is 19.1. The average molecular weight is 377 g/mol. The van der Waals surface area contributed by atoms with Crippen LogP contribution in [-0.2, 0) is 17.8 Å². The van der Waals surface area contributed by atoms with Crippen LogP contribution in [0.3, 0.4) is 0 Å². The summed E-state index contributed by atoms with van der Waals surface area (Å²) in [4.78, 5) is 26.8. The number of hydrogen-bond donors (Lipinski definition) is 2. The van der Waals surface area contributed by atoms with Gasteiger partial charge in [-0.2, -0.15) is 0 Å². The van der Waals surface area contributed by atoms with Gasteiger partial charge in [-0.3, -0.25) is 19.7 Å². The molecule has 0 radical (unpaired) electrons. The van der Waals surface area contributed by atoms with E-state index in [2.05, 4.69) is 4.90 Å². The molecule has 2 aliphatic rings. The Morgan fingerprint density at radius 1 is 1.37 bits per heavy atom. The average Bonchev–Trinajstić information content (AvgIpc) is 2.62. The number of hydroxylamine groups is 1. The van der Waals surface area contributed by atoms with Crippen molar-refractivity contribution in [1.29, 1.82) is 0 Å². The highest BCUT2D eigenvalue weighted by Crippen LogP contribution is 2.37. The van der Waals surface area contributed by atoms with Gasteiger partial charge in [0.25, 0.3) is 5.91 Å². The molecule has 1 aliphatic heterocycles. The molecule has 27 heavy (non-hydrogen) atoms. The van der Waals surface area contributed by atoms with Gasteiger partial charge in [-0.05, 0) is 55.7 Å². The van der Waals surface area contributed by atoms with Crippen LogP contribution in [0.15, 0.2) is 12.1 Å². The van der Waals surface area contributed by atoms with Crippen LogP contribution in [0.1, 0.15) is 54.1 Å². The summed E-state index contributed by atoms with van der Waals surface area (Å²) in [5.41, 5.74) is 3.23. The Morgan fingerprint density at radius 3 is 2.78 bits per heavy atom. The van der Waals surface area contributed by atoms with Crippen LogP contribution in [0.2, 0.25) is 0 Å². The van der Waals surface area contributed by atoms with E-state index >= 15 is 0 Å². The predicted octanol–water partition coefficient (Wildman–Crippen LogP) is 2.34. The van der Waals surface area contributed by atoms with Crippen LogP contribution >= 0.6 is 0 Å². The first-order valence-corrected chi connectivity index (χ1v) is 9.60. The van der Waals surface area contributed by atoms with Gasteiger partial charge >= 0.3 is 0 Å². The lowest BCUT2D eigenvalue weighted by atomic mass is 9.76. The lowest BCUT2D eigenvalue weighted by Crippen LogP contribution is -2.47. The van der Waals surface area contributed by atoms with E-state index in [0.29, 0.717) is 30.5 Å². The fraction of sp³-hybridized carbons (Fsp3) is 0.600. The summed E-state index contributed by atoms with van der Waals surface area (Å²) >= 11 is 0. The van der Waals surface area contributed by atoms with Crippen LogP contribution in [0, 0.1) is 11.7 Å². The summed E-state index contributed by atoms with van der Waals surface area (Å²) in [6.45, 7) is 3.84. The van der Waals surface area contributed by atoms with Crippen LogP contribution in [0.25, 0.3) is 0 Å². The minimum absolute atomic E-state index is 0.107. The Balaban J connectivity index is 1.50. The smallest absolute Gasteiger partial charge is 0.274 e. The van der Waals surface area contributed by atoms with Crippen molar-refractivity contribution in [3.05, 3.63) is 34.6 Å². The summed E-state index contributed by atoms with van der Waals surface area (Å²) < 4.78 is 14.5. The van der Waals surface area contributed by atoms with E-state index in [-0.39, 0.29) is 17.3 Å². The number of halogens is 1. The van der Waals surface area contributed by atoms with E-state index in [1.807, 2.05) is 7.05 Å². The van der Waals surface area contributed by atoms with Gasteiger partial charge in [0.1, 0.15) is 5.82 Å². The van der Waals surface area contributed by atoms with Crippen molar-refractivity contribution in [3.63, 3.8) is 0 Å². The van der Waals surface area contributed by atoms with Crippen LogP contribution in [-0.4, -0.2) is 53.0 Å². The molecule has 0 unspecified atom stereocenters. The molecule has 1 fully saturated rings. The molecule has 1 aromatic carbocycles. The number of benzene rings is 1. The predicted molar refractivity (Wildman–Crippen MR) is 98.8 cm³/mol. The molecule has 0 aromatic heterocycles. The first-order chi connectivity index (χ1) is 12.9. The van der Waals surface area contributed by atoms with E-state index in [1.54, 1.807) is 23.4 Å². The monoisotopic (exact) mass is 377 g/mol. The van der Waals surface area contributed by atoms with Gasteiger partial charge in [-0.1, -0.05) is 0 Å². The molecular formula is C20H28FN3O3. The molecule has 3 rings (SSSR count). The Bertz CT molecular complexity index is 719. The molecule has 0 bridgehead atoms. The zero-order chi connectivity index (χ0) is 19.6. The number of carbonyl (C=O) groups excluding carboxylic acids is 2. The maximum absolute atomic E-state index is 14.5. The van der Waals surface area contributed by atoms with E-state index in [4.69, 9.17) is 5.21 Å². The van der Waals surface area contributed by atoms with Crippen molar-refractivity contribution in [2.75, 3.05) is 20.1 Å². The normalized spacial score (nSPS) is 21.9. The lowest BCUT2D eigenvalue weighted by Gasteiger charge is -2.45. The van der Waals surface area contributed by atoms with Gasteiger partial charge < -0.3 is 4.90 Å². The lowest BCUT2D eigenvalue weighted by molar-refractivity contribution is -0.127. The molecule has 148 valence electrons. The van der Waals surface area contributed by atoms with Crippen LogP contribution in [0.4, 0.5) is 4.39 Å². The Hall–Kier alpha value is -1.99. The summed E-state index contributed by atoms with van der Waals surface area (Å²) in [5, 5.41) is 8.73. The molecule has 2 amide bonds. The van der Waals surface area contributed by atoms with Crippen molar-refractivity contribution >= 4 is 11.8 Å². The van der Waals surface area contributed by atoms with Gasteiger partial charge in [0.05, 0.1) is 0 Å². The summed E-state index contributed by atoms with van der Waals surface area (Å²) in [6, 6.07) is 3.37. The van der Waals surface area contributed by atoms with Crippen molar-refractivity contribution in [2.24, 2.45) is 5.92 Å². The third-order valence-electron chi connectivity index (χ3n) is 6.05. The van der Waals surface area contributed by atoms with Crippen LogP contribution < -0.4 is 5.48 Å².